The van der Waals surface area contributed by atoms with Crippen molar-refractivity contribution in [3.8, 4) is 0 Å². The van der Waals surface area contributed by atoms with Crippen molar-refractivity contribution in [3.63, 3.8) is 0 Å². The fraction of sp³-hybridized carbons (Fsp3) is 0.611. The lowest BCUT2D eigenvalue weighted by atomic mass is 10.0. The van der Waals surface area contributed by atoms with E-state index in [9.17, 15) is 4.79 Å². The molecule has 1 aliphatic rings. The summed E-state index contributed by atoms with van der Waals surface area (Å²) in [5.74, 6) is 0. The van der Waals surface area contributed by atoms with E-state index in [1.54, 1.807) is 0 Å². The van der Waals surface area contributed by atoms with Gasteiger partial charge in [0.1, 0.15) is 5.60 Å². The molecule has 1 atom stereocenters. The number of carbonyl (C=O) groups is 1. The van der Waals surface area contributed by atoms with Crippen LogP contribution in [0.2, 0.25) is 0 Å². The number of amides is 1. The lowest BCUT2D eigenvalue weighted by Gasteiger charge is -2.33. The number of para-hydroxylation sites is 1. The molecule has 0 radical (unpaired) electrons. The Balaban J connectivity index is 0.00000139. The molecule has 4 N–H and O–H groups in total. The number of hydrogen-bond acceptors (Lipinski definition) is 5. The smallest absolute Gasteiger partial charge is 0.407 e. The SMILES string of the molecule is CC(C)(C)OC(=O)NC1CCCN(Cc2ccccc2N)C1.CO. The number of ether oxygens (including phenoxy) is 1. The van der Waals surface area contributed by atoms with Crippen LogP contribution in [0.4, 0.5) is 10.5 Å². The normalized spacial score (nSPS) is 18.3. The number of likely N-dealkylation sites (tertiary alicyclic amines) is 1. The molecule has 1 aromatic carbocycles. The number of nitrogen functional groups attached to an aromatic ring is 1. The minimum Gasteiger partial charge on any atom is -0.444 e. The Morgan fingerprint density at radius 2 is 2.04 bits per heavy atom. The van der Waals surface area contributed by atoms with Crippen LogP contribution in [0.25, 0.3) is 0 Å². The second kappa shape index (κ2) is 9.49. The predicted octanol–water partition coefficient (Wildman–Crippen LogP) is 2.37. The molecule has 1 unspecified atom stereocenters. The van der Waals surface area contributed by atoms with Crippen LogP contribution in [0.15, 0.2) is 24.3 Å². The lowest BCUT2D eigenvalue weighted by Crippen LogP contribution is -2.48. The molecule has 6 nitrogen and oxygen atoms in total. The molecule has 136 valence electrons. The average molecular weight is 337 g/mol. The highest BCUT2D eigenvalue weighted by molar-refractivity contribution is 5.68. The van der Waals surface area contributed by atoms with Crippen LogP contribution < -0.4 is 11.1 Å². The van der Waals surface area contributed by atoms with Crippen LogP contribution in [0, 0.1) is 0 Å². The van der Waals surface area contributed by atoms with E-state index in [1.165, 1.54) is 0 Å². The van der Waals surface area contributed by atoms with Crippen LogP contribution in [0.3, 0.4) is 0 Å². The summed E-state index contributed by atoms with van der Waals surface area (Å²) in [7, 11) is 1.00. The number of anilines is 1. The van der Waals surface area contributed by atoms with Gasteiger partial charge in [0, 0.05) is 31.9 Å². The first-order valence-electron chi connectivity index (χ1n) is 8.33. The summed E-state index contributed by atoms with van der Waals surface area (Å²) in [5.41, 5.74) is 7.51. The number of hydrogen-bond donors (Lipinski definition) is 3. The Morgan fingerprint density at radius 3 is 2.67 bits per heavy atom. The topological polar surface area (TPSA) is 87.8 Å². The standard InChI is InChI=1S/C17H27N3O2.CH4O/c1-17(2,3)22-16(21)19-14-8-6-10-20(12-14)11-13-7-4-5-9-15(13)18;1-2/h4-5,7,9,14H,6,8,10-12,18H2,1-3H3,(H,19,21);2H,1H3. The van der Waals surface area contributed by atoms with Crippen molar-refractivity contribution in [2.75, 3.05) is 25.9 Å². The predicted molar refractivity (Wildman–Crippen MR) is 96.7 cm³/mol. The van der Waals surface area contributed by atoms with Crippen LogP contribution in [-0.2, 0) is 11.3 Å². The van der Waals surface area contributed by atoms with Crippen LogP contribution in [-0.4, -0.2) is 47.9 Å². The highest BCUT2D eigenvalue weighted by Crippen LogP contribution is 2.18. The number of aliphatic hydroxyl groups is 1. The van der Waals surface area contributed by atoms with Gasteiger partial charge in [-0.1, -0.05) is 18.2 Å². The van der Waals surface area contributed by atoms with Gasteiger partial charge in [0.05, 0.1) is 0 Å². The third-order valence-corrected chi connectivity index (χ3v) is 3.68. The van der Waals surface area contributed by atoms with E-state index in [2.05, 4.69) is 16.3 Å². The van der Waals surface area contributed by atoms with Gasteiger partial charge >= 0.3 is 6.09 Å². The first kappa shape index (κ1) is 20.3. The van der Waals surface area contributed by atoms with Crippen LogP contribution in [0.5, 0.6) is 0 Å². The van der Waals surface area contributed by atoms with E-state index in [-0.39, 0.29) is 12.1 Å². The minimum atomic E-state index is -0.461. The van der Waals surface area contributed by atoms with E-state index in [0.717, 1.165) is 50.8 Å². The number of alkyl carbamates (subject to hydrolysis) is 1. The van der Waals surface area contributed by atoms with Crippen molar-refractivity contribution in [2.24, 2.45) is 0 Å². The third kappa shape index (κ3) is 7.19. The summed E-state index contributed by atoms with van der Waals surface area (Å²) in [6, 6.07) is 8.07. The zero-order valence-corrected chi connectivity index (χ0v) is 15.2. The first-order chi connectivity index (χ1) is 11.3. The molecule has 0 aliphatic carbocycles. The monoisotopic (exact) mass is 337 g/mol. The van der Waals surface area contributed by atoms with E-state index < -0.39 is 5.60 Å². The van der Waals surface area contributed by atoms with Gasteiger partial charge in [-0.05, 0) is 51.8 Å². The highest BCUT2D eigenvalue weighted by Gasteiger charge is 2.24. The zero-order valence-electron chi connectivity index (χ0n) is 15.2. The maximum absolute atomic E-state index is 11.9. The van der Waals surface area contributed by atoms with Crippen molar-refractivity contribution in [1.82, 2.24) is 10.2 Å². The summed E-state index contributed by atoms with van der Waals surface area (Å²) >= 11 is 0. The Kier molecular flexibility index (Phi) is 8.01. The molecule has 2 rings (SSSR count). The zero-order chi connectivity index (χ0) is 18.2. The molecule has 1 amide bonds. The highest BCUT2D eigenvalue weighted by atomic mass is 16.6. The van der Waals surface area contributed by atoms with Gasteiger partial charge in [0.2, 0.25) is 0 Å². The first-order valence-corrected chi connectivity index (χ1v) is 8.33. The Hall–Kier alpha value is -1.79. The van der Waals surface area contributed by atoms with Crippen LogP contribution >= 0.6 is 0 Å². The number of rotatable bonds is 3. The van der Waals surface area contributed by atoms with Crippen molar-refractivity contribution in [2.45, 2.75) is 51.8 Å². The molecule has 1 heterocycles. The van der Waals surface area contributed by atoms with E-state index in [4.69, 9.17) is 15.6 Å². The summed E-state index contributed by atoms with van der Waals surface area (Å²) in [6.45, 7) is 8.29. The second-order valence-corrected chi connectivity index (χ2v) is 6.92. The molecule has 1 aliphatic heterocycles. The van der Waals surface area contributed by atoms with Crippen LogP contribution in [0.1, 0.15) is 39.2 Å². The van der Waals surface area contributed by atoms with Crippen molar-refractivity contribution >= 4 is 11.8 Å². The molecule has 24 heavy (non-hydrogen) atoms. The quantitative estimate of drug-likeness (QED) is 0.737. The number of benzene rings is 1. The lowest BCUT2D eigenvalue weighted by molar-refractivity contribution is 0.0470. The summed E-state index contributed by atoms with van der Waals surface area (Å²) in [6.07, 6.45) is 1.71. The van der Waals surface area contributed by atoms with Gasteiger partial charge in [-0.3, -0.25) is 4.90 Å². The molecule has 6 heteroatoms. The fourth-order valence-corrected chi connectivity index (χ4v) is 2.71. The van der Waals surface area contributed by atoms with E-state index in [1.807, 2.05) is 39.0 Å². The molecular weight excluding hydrogens is 306 g/mol. The fourth-order valence-electron chi connectivity index (χ4n) is 2.71. The van der Waals surface area contributed by atoms with Gasteiger partial charge in [-0.25, -0.2) is 4.79 Å². The summed E-state index contributed by atoms with van der Waals surface area (Å²) in [4.78, 5) is 14.2. The molecule has 1 saturated heterocycles. The third-order valence-electron chi connectivity index (χ3n) is 3.68. The molecule has 0 bridgehead atoms. The number of nitrogens with two attached hydrogens (primary N) is 1. The van der Waals surface area contributed by atoms with Crippen molar-refractivity contribution < 1.29 is 14.6 Å². The van der Waals surface area contributed by atoms with Gasteiger partial charge in [0.25, 0.3) is 0 Å². The average Bonchev–Trinajstić information content (AvgIpc) is 2.50. The van der Waals surface area contributed by atoms with Crippen molar-refractivity contribution in [1.29, 1.82) is 0 Å². The van der Waals surface area contributed by atoms with Gasteiger partial charge < -0.3 is 20.9 Å². The molecular formula is C18H31N3O3. The number of nitrogens with zero attached hydrogens (tertiary/aromatic N) is 1. The molecule has 0 saturated carbocycles. The number of piperidine rings is 1. The molecule has 1 fully saturated rings. The van der Waals surface area contributed by atoms with Crippen molar-refractivity contribution in [3.05, 3.63) is 29.8 Å². The maximum atomic E-state index is 11.9. The Labute approximate surface area is 145 Å². The maximum Gasteiger partial charge on any atom is 0.407 e. The van der Waals surface area contributed by atoms with Gasteiger partial charge in [-0.15, -0.1) is 0 Å². The van der Waals surface area contributed by atoms with Gasteiger partial charge in [-0.2, -0.15) is 0 Å². The number of nitrogens with one attached hydrogen (secondary N) is 1. The second-order valence-electron chi connectivity index (χ2n) is 6.92. The number of aliphatic hydroxyl groups excluding tert-OH is 1. The summed E-state index contributed by atoms with van der Waals surface area (Å²) < 4.78 is 5.32. The minimum absolute atomic E-state index is 0.133. The van der Waals surface area contributed by atoms with E-state index in [0.29, 0.717) is 0 Å². The Morgan fingerprint density at radius 1 is 1.38 bits per heavy atom. The summed E-state index contributed by atoms with van der Waals surface area (Å²) in [5, 5.41) is 9.97. The molecule has 0 aromatic heterocycles. The molecule has 0 spiro atoms. The largest absolute Gasteiger partial charge is 0.444 e. The number of carbonyl (C=O) groups excluding carboxylic acids is 1. The molecule has 1 aromatic rings. The van der Waals surface area contributed by atoms with Gasteiger partial charge in [0.15, 0.2) is 0 Å². The van der Waals surface area contributed by atoms with E-state index >= 15 is 0 Å². The Bertz CT molecular complexity index is 514.